The van der Waals surface area contributed by atoms with Crippen molar-refractivity contribution in [3.8, 4) is 0 Å². The predicted molar refractivity (Wildman–Crippen MR) is 94.3 cm³/mol. The second-order valence-electron chi connectivity index (χ2n) is 5.75. The molecule has 0 unspecified atom stereocenters. The standard InChI is InChI=1S/C21H24O2/c1-3-4-7-18-8-5-9-19(14-18)12-13-20-10-6-11-21(15-20)16-23-17(2)22/h3,5-6,8-11,14-15H,1,4,7,12-13,16H2,2H3. The minimum Gasteiger partial charge on any atom is -0.461 e. The van der Waals surface area contributed by atoms with Crippen LogP contribution in [0.2, 0.25) is 0 Å². The average Bonchev–Trinajstić information content (AvgIpc) is 2.57. The Labute approximate surface area is 138 Å². The smallest absolute Gasteiger partial charge is 0.302 e. The number of rotatable bonds is 8. The summed E-state index contributed by atoms with van der Waals surface area (Å²) < 4.78 is 5.05. The van der Waals surface area contributed by atoms with Crippen LogP contribution in [0.1, 0.15) is 35.6 Å². The fourth-order valence-electron chi connectivity index (χ4n) is 2.56. The summed E-state index contributed by atoms with van der Waals surface area (Å²) in [5.74, 6) is -0.244. The Bertz CT molecular complexity index is 658. The molecule has 120 valence electrons. The van der Waals surface area contributed by atoms with Crippen LogP contribution in [0.4, 0.5) is 0 Å². The van der Waals surface area contributed by atoms with Crippen LogP contribution in [-0.4, -0.2) is 5.97 Å². The predicted octanol–water partition coefficient (Wildman–Crippen LogP) is 4.65. The minimum atomic E-state index is -0.244. The fourth-order valence-corrected chi connectivity index (χ4v) is 2.56. The Balaban J connectivity index is 1.93. The van der Waals surface area contributed by atoms with Gasteiger partial charge in [-0.15, -0.1) is 6.58 Å². The maximum atomic E-state index is 10.9. The van der Waals surface area contributed by atoms with Crippen LogP contribution in [0, 0.1) is 0 Å². The van der Waals surface area contributed by atoms with Gasteiger partial charge in [0.2, 0.25) is 0 Å². The quantitative estimate of drug-likeness (QED) is 0.524. The highest BCUT2D eigenvalue weighted by Crippen LogP contribution is 2.13. The molecular weight excluding hydrogens is 284 g/mol. The van der Waals surface area contributed by atoms with E-state index in [2.05, 4.69) is 43.0 Å². The van der Waals surface area contributed by atoms with Gasteiger partial charge in [-0.25, -0.2) is 0 Å². The summed E-state index contributed by atoms with van der Waals surface area (Å²) in [6, 6.07) is 17.0. The molecule has 0 aliphatic heterocycles. The molecule has 0 aromatic heterocycles. The molecule has 0 aliphatic carbocycles. The van der Waals surface area contributed by atoms with Gasteiger partial charge in [0, 0.05) is 6.92 Å². The van der Waals surface area contributed by atoms with Crippen LogP contribution in [0.5, 0.6) is 0 Å². The van der Waals surface area contributed by atoms with E-state index in [-0.39, 0.29) is 5.97 Å². The maximum Gasteiger partial charge on any atom is 0.302 e. The van der Waals surface area contributed by atoms with Crippen molar-refractivity contribution in [2.75, 3.05) is 0 Å². The molecule has 0 saturated heterocycles. The van der Waals surface area contributed by atoms with Crippen LogP contribution in [0.15, 0.2) is 61.2 Å². The monoisotopic (exact) mass is 308 g/mol. The molecule has 2 aromatic carbocycles. The number of carbonyl (C=O) groups is 1. The Morgan fingerprint density at radius 1 is 0.957 bits per heavy atom. The summed E-state index contributed by atoms with van der Waals surface area (Å²) in [6.07, 6.45) is 6.02. The zero-order chi connectivity index (χ0) is 16.5. The SMILES string of the molecule is C=CCCc1cccc(CCc2cccc(COC(C)=O)c2)c1. The average molecular weight is 308 g/mol. The van der Waals surface area contributed by atoms with Crippen LogP contribution >= 0.6 is 0 Å². The van der Waals surface area contributed by atoms with Gasteiger partial charge in [0.05, 0.1) is 0 Å². The number of allylic oxidation sites excluding steroid dienone is 1. The van der Waals surface area contributed by atoms with E-state index in [1.165, 1.54) is 23.6 Å². The van der Waals surface area contributed by atoms with Gasteiger partial charge in [0.1, 0.15) is 6.61 Å². The third kappa shape index (κ3) is 6.11. The minimum absolute atomic E-state index is 0.244. The molecule has 2 heteroatoms. The van der Waals surface area contributed by atoms with E-state index in [9.17, 15) is 4.79 Å². The lowest BCUT2D eigenvalue weighted by atomic mass is 10.00. The van der Waals surface area contributed by atoms with Gasteiger partial charge in [0.15, 0.2) is 0 Å². The number of aryl methyl sites for hydroxylation is 3. The number of benzene rings is 2. The molecule has 0 aliphatic rings. The molecular formula is C21H24O2. The van der Waals surface area contributed by atoms with Gasteiger partial charge in [-0.2, -0.15) is 0 Å². The van der Waals surface area contributed by atoms with Crippen molar-refractivity contribution in [3.05, 3.63) is 83.4 Å². The van der Waals surface area contributed by atoms with Gasteiger partial charge >= 0.3 is 5.97 Å². The van der Waals surface area contributed by atoms with Crippen molar-refractivity contribution < 1.29 is 9.53 Å². The zero-order valence-corrected chi connectivity index (χ0v) is 13.8. The summed E-state index contributed by atoms with van der Waals surface area (Å²) in [5.41, 5.74) is 5.03. The third-order valence-electron chi connectivity index (χ3n) is 3.76. The van der Waals surface area contributed by atoms with E-state index >= 15 is 0 Å². The molecule has 0 N–H and O–H groups in total. The van der Waals surface area contributed by atoms with Crippen molar-refractivity contribution in [1.29, 1.82) is 0 Å². The van der Waals surface area contributed by atoms with Gasteiger partial charge in [0.25, 0.3) is 0 Å². The Kier molecular flexibility index (Phi) is 6.61. The van der Waals surface area contributed by atoms with E-state index in [0.717, 1.165) is 31.2 Å². The van der Waals surface area contributed by atoms with Crippen LogP contribution < -0.4 is 0 Å². The second kappa shape index (κ2) is 8.94. The highest BCUT2D eigenvalue weighted by molar-refractivity contribution is 5.65. The Hall–Kier alpha value is -2.35. The number of hydrogen-bond donors (Lipinski definition) is 0. The summed E-state index contributed by atoms with van der Waals surface area (Å²) >= 11 is 0. The first-order valence-electron chi connectivity index (χ1n) is 8.07. The highest BCUT2D eigenvalue weighted by atomic mass is 16.5. The molecule has 2 nitrogen and oxygen atoms in total. The lowest BCUT2D eigenvalue weighted by Crippen LogP contribution is -2.00. The topological polar surface area (TPSA) is 26.3 Å². The molecule has 0 spiro atoms. The molecule has 0 amide bonds. The van der Waals surface area contributed by atoms with E-state index in [1.807, 2.05) is 18.2 Å². The molecule has 23 heavy (non-hydrogen) atoms. The lowest BCUT2D eigenvalue weighted by molar-refractivity contribution is -0.142. The van der Waals surface area contributed by atoms with Gasteiger partial charge in [-0.3, -0.25) is 4.79 Å². The summed E-state index contributed by atoms with van der Waals surface area (Å²) in [7, 11) is 0. The molecule has 2 aromatic rings. The Morgan fingerprint density at radius 2 is 1.48 bits per heavy atom. The number of hydrogen-bond acceptors (Lipinski definition) is 2. The summed E-state index contributed by atoms with van der Waals surface area (Å²) in [4.78, 5) is 10.9. The number of esters is 1. The van der Waals surface area contributed by atoms with Gasteiger partial charge in [-0.1, -0.05) is 54.6 Å². The van der Waals surface area contributed by atoms with Gasteiger partial charge < -0.3 is 4.74 Å². The van der Waals surface area contributed by atoms with Crippen molar-refractivity contribution in [1.82, 2.24) is 0 Å². The van der Waals surface area contributed by atoms with Crippen molar-refractivity contribution >= 4 is 5.97 Å². The molecule has 0 bridgehead atoms. The normalized spacial score (nSPS) is 10.3. The molecule has 0 heterocycles. The molecule has 2 rings (SSSR count). The number of carbonyl (C=O) groups excluding carboxylic acids is 1. The fraction of sp³-hybridized carbons (Fsp3) is 0.286. The molecule has 0 radical (unpaired) electrons. The number of ether oxygens (including phenoxy) is 1. The van der Waals surface area contributed by atoms with E-state index in [0.29, 0.717) is 6.61 Å². The third-order valence-corrected chi connectivity index (χ3v) is 3.76. The summed E-state index contributed by atoms with van der Waals surface area (Å²) in [6.45, 7) is 5.56. The van der Waals surface area contributed by atoms with Crippen molar-refractivity contribution in [2.24, 2.45) is 0 Å². The van der Waals surface area contributed by atoms with Crippen LogP contribution in [0.25, 0.3) is 0 Å². The van der Waals surface area contributed by atoms with Gasteiger partial charge in [-0.05, 0) is 47.9 Å². The van der Waals surface area contributed by atoms with E-state index < -0.39 is 0 Å². The molecule has 0 fully saturated rings. The largest absolute Gasteiger partial charge is 0.461 e. The lowest BCUT2D eigenvalue weighted by Gasteiger charge is -2.07. The highest BCUT2D eigenvalue weighted by Gasteiger charge is 2.01. The Morgan fingerprint density at radius 3 is 2.04 bits per heavy atom. The first kappa shape index (κ1) is 17.0. The molecule has 0 atom stereocenters. The maximum absolute atomic E-state index is 10.9. The van der Waals surface area contributed by atoms with Crippen LogP contribution in [0.3, 0.4) is 0 Å². The first-order chi connectivity index (χ1) is 11.2. The first-order valence-corrected chi connectivity index (χ1v) is 8.07. The molecule has 0 saturated carbocycles. The second-order valence-corrected chi connectivity index (χ2v) is 5.75. The van der Waals surface area contributed by atoms with E-state index in [1.54, 1.807) is 0 Å². The van der Waals surface area contributed by atoms with Crippen molar-refractivity contribution in [3.63, 3.8) is 0 Å². The van der Waals surface area contributed by atoms with Crippen LogP contribution in [-0.2, 0) is 35.4 Å². The zero-order valence-electron chi connectivity index (χ0n) is 13.8. The summed E-state index contributed by atoms with van der Waals surface area (Å²) in [5, 5.41) is 0. The van der Waals surface area contributed by atoms with Crippen molar-refractivity contribution in [2.45, 2.75) is 39.2 Å². The van der Waals surface area contributed by atoms with E-state index in [4.69, 9.17) is 4.74 Å².